The van der Waals surface area contributed by atoms with Crippen LogP contribution in [0.1, 0.15) is 32.0 Å². The Morgan fingerprint density at radius 2 is 1.76 bits per heavy atom. The maximum atomic E-state index is 4.78. The Hall–Kier alpha value is -0.940. The fourth-order valence-electron chi connectivity index (χ4n) is 2.03. The Kier molecular flexibility index (Phi) is 4.73. The number of benzene rings is 1. The molecule has 0 spiro atoms. The molecule has 21 heavy (non-hydrogen) atoms. The van der Waals surface area contributed by atoms with E-state index in [2.05, 4.69) is 88.1 Å². The highest BCUT2D eigenvalue weighted by Crippen LogP contribution is 2.35. The van der Waals surface area contributed by atoms with Crippen LogP contribution in [-0.2, 0) is 5.41 Å². The zero-order chi connectivity index (χ0) is 15.8. The molecule has 1 aromatic carbocycles. The van der Waals surface area contributed by atoms with E-state index in [1.54, 1.807) is 0 Å². The molecule has 112 valence electrons. The second-order valence-corrected chi connectivity index (χ2v) is 7.69. The molecular formula is C16H19Br2N3. The van der Waals surface area contributed by atoms with Gasteiger partial charge in [0.25, 0.3) is 0 Å². The molecule has 0 fully saturated rings. The van der Waals surface area contributed by atoms with Crippen molar-refractivity contribution in [3.05, 3.63) is 38.4 Å². The molecule has 2 aromatic rings. The molecule has 0 aliphatic heterocycles. The number of halogens is 2. The molecule has 0 saturated carbocycles. The predicted molar refractivity (Wildman–Crippen MR) is 95.9 cm³/mol. The maximum absolute atomic E-state index is 4.78. The van der Waals surface area contributed by atoms with Crippen molar-refractivity contribution in [3.63, 3.8) is 0 Å². The molecule has 0 bridgehead atoms. The topological polar surface area (TPSA) is 37.8 Å². The largest absolute Gasteiger partial charge is 0.372 e. The molecule has 2 rings (SSSR count). The summed E-state index contributed by atoms with van der Waals surface area (Å²) in [5, 5.41) is 3.14. The quantitative estimate of drug-likeness (QED) is 0.725. The summed E-state index contributed by atoms with van der Waals surface area (Å²) in [5.74, 6) is 1.52. The van der Waals surface area contributed by atoms with Gasteiger partial charge in [0.2, 0.25) is 0 Å². The third-order valence-electron chi connectivity index (χ3n) is 3.16. The normalized spacial score (nSPS) is 11.6. The Morgan fingerprint density at radius 3 is 2.29 bits per heavy atom. The first kappa shape index (κ1) is 16.4. The van der Waals surface area contributed by atoms with Crippen LogP contribution in [0.5, 0.6) is 0 Å². The van der Waals surface area contributed by atoms with Gasteiger partial charge in [0.15, 0.2) is 5.82 Å². The number of aryl methyl sites for hydroxylation is 1. The zero-order valence-corrected chi connectivity index (χ0v) is 16.1. The van der Waals surface area contributed by atoms with Crippen molar-refractivity contribution in [2.24, 2.45) is 0 Å². The first-order valence-corrected chi connectivity index (χ1v) is 8.35. The van der Waals surface area contributed by atoms with Crippen LogP contribution < -0.4 is 5.32 Å². The lowest BCUT2D eigenvalue weighted by atomic mass is 9.91. The Balaban J connectivity index is 2.70. The van der Waals surface area contributed by atoms with E-state index in [1.807, 2.05) is 7.05 Å². The van der Waals surface area contributed by atoms with Crippen LogP contribution >= 0.6 is 31.9 Å². The second kappa shape index (κ2) is 6.05. The molecule has 0 atom stereocenters. The van der Waals surface area contributed by atoms with E-state index in [9.17, 15) is 0 Å². The number of aromatic nitrogens is 2. The van der Waals surface area contributed by atoms with Gasteiger partial charge in [-0.05, 0) is 40.5 Å². The van der Waals surface area contributed by atoms with Gasteiger partial charge in [0.05, 0.1) is 10.2 Å². The van der Waals surface area contributed by atoms with E-state index in [-0.39, 0.29) is 5.41 Å². The van der Waals surface area contributed by atoms with Crippen LogP contribution in [0.3, 0.4) is 0 Å². The number of hydrogen-bond donors (Lipinski definition) is 1. The summed E-state index contributed by atoms with van der Waals surface area (Å²) in [6.45, 7) is 8.51. The average molecular weight is 413 g/mol. The van der Waals surface area contributed by atoms with Gasteiger partial charge in [-0.15, -0.1) is 0 Å². The Labute approximate surface area is 142 Å². The SMILES string of the molecule is CNc1nc(-c2ccc(C)cc2Br)nc(C(C)(C)C)c1Br. The van der Waals surface area contributed by atoms with Gasteiger partial charge >= 0.3 is 0 Å². The maximum Gasteiger partial charge on any atom is 0.163 e. The van der Waals surface area contributed by atoms with E-state index in [1.165, 1.54) is 5.56 Å². The van der Waals surface area contributed by atoms with Crippen LogP contribution in [0, 0.1) is 6.92 Å². The molecule has 0 aliphatic rings. The zero-order valence-electron chi connectivity index (χ0n) is 12.9. The molecule has 0 aliphatic carbocycles. The van der Waals surface area contributed by atoms with Gasteiger partial charge in [-0.3, -0.25) is 0 Å². The summed E-state index contributed by atoms with van der Waals surface area (Å²) in [6.07, 6.45) is 0. The molecule has 0 radical (unpaired) electrons. The van der Waals surface area contributed by atoms with Gasteiger partial charge in [-0.25, -0.2) is 9.97 Å². The van der Waals surface area contributed by atoms with Crippen molar-refractivity contribution in [3.8, 4) is 11.4 Å². The van der Waals surface area contributed by atoms with Gasteiger partial charge in [0, 0.05) is 22.5 Å². The summed E-state index contributed by atoms with van der Waals surface area (Å²) in [4.78, 5) is 9.41. The van der Waals surface area contributed by atoms with Crippen LogP contribution in [0.2, 0.25) is 0 Å². The van der Waals surface area contributed by atoms with Crippen molar-refractivity contribution in [2.75, 3.05) is 12.4 Å². The average Bonchev–Trinajstić information content (AvgIpc) is 2.38. The number of nitrogens with zero attached hydrogens (tertiary/aromatic N) is 2. The predicted octanol–water partition coefficient (Wildman–Crippen LogP) is 5.32. The molecule has 0 unspecified atom stereocenters. The van der Waals surface area contributed by atoms with Crippen LogP contribution in [0.4, 0.5) is 5.82 Å². The summed E-state index contributed by atoms with van der Waals surface area (Å²) in [5.41, 5.74) is 3.12. The van der Waals surface area contributed by atoms with Crippen molar-refractivity contribution in [1.82, 2.24) is 9.97 Å². The first-order chi connectivity index (χ1) is 9.74. The molecular weight excluding hydrogens is 394 g/mol. The highest BCUT2D eigenvalue weighted by Gasteiger charge is 2.23. The standard InChI is InChI=1S/C16H19Br2N3/c1-9-6-7-10(11(17)8-9)14-20-13(16(2,3)4)12(18)15(19-5)21-14/h6-8H,1-5H3,(H,19,20,21). The van der Waals surface area contributed by atoms with E-state index in [0.717, 1.165) is 31.8 Å². The highest BCUT2D eigenvalue weighted by atomic mass is 79.9. The molecule has 1 heterocycles. The number of anilines is 1. The Morgan fingerprint density at radius 1 is 1.10 bits per heavy atom. The monoisotopic (exact) mass is 411 g/mol. The summed E-state index contributed by atoms with van der Waals surface area (Å²) < 4.78 is 1.93. The third-order valence-corrected chi connectivity index (χ3v) is 4.57. The van der Waals surface area contributed by atoms with Crippen LogP contribution in [-0.4, -0.2) is 17.0 Å². The van der Waals surface area contributed by atoms with E-state index in [0.29, 0.717) is 0 Å². The lowest BCUT2D eigenvalue weighted by Gasteiger charge is -2.22. The number of rotatable bonds is 2. The lowest BCUT2D eigenvalue weighted by molar-refractivity contribution is 0.564. The fraction of sp³-hybridized carbons (Fsp3) is 0.375. The molecule has 1 aromatic heterocycles. The van der Waals surface area contributed by atoms with Crippen LogP contribution in [0.25, 0.3) is 11.4 Å². The minimum atomic E-state index is -0.0701. The molecule has 3 nitrogen and oxygen atoms in total. The van der Waals surface area contributed by atoms with Crippen molar-refractivity contribution < 1.29 is 0 Å². The first-order valence-electron chi connectivity index (χ1n) is 6.76. The smallest absolute Gasteiger partial charge is 0.163 e. The summed E-state index contributed by atoms with van der Waals surface area (Å²) in [6, 6.07) is 6.20. The summed E-state index contributed by atoms with van der Waals surface area (Å²) >= 11 is 7.23. The molecule has 1 N–H and O–H groups in total. The van der Waals surface area contributed by atoms with E-state index in [4.69, 9.17) is 4.98 Å². The minimum Gasteiger partial charge on any atom is -0.372 e. The van der Waals surface area contributed by atoms with Gasteiger partial charge in [-0.2, -0.15) is 0 Å². The third kappa shape index (κ3) is 3.46. The van der Waals surface area contributed by atoms with Gasteiger partial charge in [-0.1, -0.05) is 42.8 Å². The van der Waals surface area contributed by atoms with Crippen molar-refractivity contribution >= 4 is 37.7 Å². The van der Waals surface area contributed by atoms with Crippen LogP contribution in [0.15, 0.2) is 27.1 Å². The van der Waals surface area contributed by atoms with Crippen molar-refractivity contribution in [1.29, 1.82) is 0 Å². The molecule has 0 amide bonds. The molecule has 5 heteroatoms. The Bertz CT molecular complexity index is 676. The second-order valence-electron chi connectivity index (χ2n) is 6.04. The highest BCUT2D eigenvalue weighted by molar-refractivity contribution is 9.11. The lowest BCUT2D eigenvalue weighted by Crippen LogP contribution is -2.17. The van der Waals surface area contributed by atoms with E-state index < -0.39 is 0 Å². The van der Waals surface area contributed by atoms with E-state index >= 15 is 0 Å². The van der Waals surface area contributed by atoms with Crippen molar-refractivity contribution in [2.45, 2.75) is 33.1 Å². The number of nitrogens with one attached hydrogen (secondary N) is 1. The van der Waals surface area contributed by atoms with Gasteiger partial charge < -0.3 is 5.32 Å². The molecule has 0 saturated heterocycles. The fourth-order valence-corrected chi connectivity index (χ4v) is 3.67. The van der Waals surface area contributed by atoms with Gasteiger partial charge in [0.1, 0.15) is 5.82 Å². The summed E-state index contributed by atoms with van der Waals surface area (Å²) in [7, 11) is 1.87. The number of hydrogen-bond acceptors (Lipinski definition) is 3. The minimum absolute atomic E-state index is 0.0701.